The van der Waals surface area contributed by atoms with Gasteiger partial charge in [-0.1, -0.05) is 0 Å². The van der Waals surface area contributed by atoms with Gasteiger partial charge in [0.05, 0.1) is 30.4 Å². The van der Waals surface area contributed by atoms with Crippen LogP contribution in [0.15, 0.2) is 24.4 Å². The lowest BCUT2D eigenvalue weighted by atomic mass is 10.0. The van der Waals surface area contributed by atoms with Crippen LogP contribution in [-0.4, -0.2) is 69.5 Å². The number of anilines is 3. The van der Waals surface area contributed by atoms with Gasteiger partial charge in [-0.2, -0.15) is 15.1 Å². The topological polar surface area (TPSA) is 118 Å². The van der Waals surface area contributed by atoms with Gasteiger partial charge in [-0.15, -0.1) is 0 Å². The fourth-order valence-electron chi connectivity index (χ4n) is 4.59. The van der Waals surface area contributed by atoms with E-state index in [2.05, 4.69) is 32.3 Å². The number of carbonyl (C=O) groups is 1. The largest absolute Gasteiger partial charge is 0.496 e. The maximum Gasteiger partial charge on any atom is 0.339 e. The van der Waals surface area contributed by atoms with Gasteiger partial charge in [-0.05, 0) is 37.6 Å². The van der Waals surface area contributed by atoms with Gasteiger partial charge in [0.1, 0.15) is 11.6 Å². The number of ether oxygens (including phenoxy) is 1. The van der Waals surface area contributed by atoms with E-state index < -0.39 is 0 Å². The summed E-state index contributed by atoms with van der Waals surface area (Å²) in [7, 11) is 3.47. The average molecular weight is 438 g/mol. The number of piperazine rings is 1. The zero-order valence-electron chi connectivity index (χ0n) is 18.6. The van der Waals surface area contributed by atoms with E-state index >= 15 is 0 Å². The highest BCUT2D eigenvalue weighted by atomic mass is 16.5. The minimum Gasteiger partial charge on any atom is -0.496 e. The Morgan fingerprint density at radius 2 is 2.06 bits per heavy atom. The number of benzene rings is 1. The summed E-state index contributed by atoms with van der Waals surface area (Å²) in [5.74, 6) is 1.77. The van der Waals surface area contributed by atoms with Crippen molar-refractivity contribution in [2.75, 3.05) is 42.4 Å². The summed E-state index contributed by atoms with van der Waals surface area (Å²) >= 11 is 0. The lowest BCUT2D eigenvalue weighted by molar-refractivity contribution is 0.129. The minimum atomic E-state index is -0.0638. The molecule has 2 aliphatic heterocycles. The van der Waals surface area contributed by atoms with Gasteiger partial charge in [-0.3, -0.25) is 4.68 Å². The standard InChI is InChI=1S/C21H27N9O2/c1-12-9-14(5-6-17(12)32-4)30-21(31)29-8-7-28(11-16(29)13(2)26-30)19-15-10-23-27(3)18(15)24-20(22)25-19/h5-6,9-10,13,16,26H,7-8,11H2,1-4H3,(H2,22,24,25)/t13-,16-/m1/s1. The summed E-state index contributed by atoms with van der Waals surface area (Å²) in [6, 6.07) is 5.67. The molecule has 0 saturated carbocycles. The van der Waals surface area contributed by atoms with Crippen molar-refractivity contribution in [3.05, 3.63) is 30.0 Å². The van der Waals surface area contributed by atoms with Crippen molar-refractivity contribution in [1.82, 2.24) is 30.1 Å². The number of nitrogens with zero attached hydrogens (tertiary/aromatic N) is 7. The first-order chi connectivity index (χ1) is 15.4. The van der Waals surface area contributed by atoms with Crippen LogP contribution in [0.5, 0.6) is 5.75 Å². The second-order valence-corrected chi connectivity index (χ2v) is 8.31. The highest BCUT2D eigenvalue weighted by Gasteiger charge is 2.42. The third-order valence-corrected chi connectivity index (χ3v) is 6.29. The predicted octanol–water partition coefficient (Wildman–Crippen LogP) is 1.29. The Balaban J connectivity index is 1.41. The Hall–Kier alpha value is -3.60. The molecule has 11 heteroatoms. The SMILES string of the molecule is COc1ccc(N2N[C@H](C)[C@H]3CN(c4nc(N)nc5c4cnn5C)CCN3C2=O)cc1C. The molecule has 1 aromatic carbocycles. The number of aromatic nitrogens is 4. The van der Waals surface area contributed by atoms with Crippen LogP contribution in [0.4, 0.5) is 22.2 Å². The molecule has 4 heterocycles. The number of urea groups is 1. The number of aryl methyl sites for hydroxylation is 2. The van der Waals surface area contributed by atoms with Gasteiger partial charge in [0.2, 0.25) is 5.95 Å². The molecule has 2 aliphatic rings. The van der Waals surface area contributed by atoms with E-state index in [1.54, 1.807) is 23.0 Å². The number of hydrogen-bond donors (Lipinski definition) is 2. The molecule has 0 unspecified atom stereocenters. The number of methoxy groups -OCH3 is 1. The molecule has 3 N–H and O–H groups in total. The van der Waals surface area contributed by atoms with Gasteiger partial charge in [0.15, 0.2) is 5.65 Å². The Kier molecular flexibility index (Phi) is 4.77. The predicted molar refractivity (Wildman–Crippen MR) is 122 cm³/mol. The van der Waals surface area contributed by atoms with Crippen molar-refractivity contribution in [3.63, 3.8) is 0 Å². The molecule has 0 bridgehead atoms. The number of amides is 2. The molecule has 0 spiro atoms. The third-order valence-electron chi connectivity index (χ3n) is 6.29. The zero-order valence-corrected chi connectivity index (χ0v) is 18.6. The number of nitrogens with two attached hydrogens (primary N) is 1. The van der Waals surface area contributed by atoms with Crippen LogP contribution in [0.3, 0.4) is 0 Å². The summed E-state index contributed by atoms with van der Waals surface area (Å²) in [6.07, 6.45) is 1.76. The summed E-state index contributed by atoms with van der Waals surface area (Å²) in [4.78, 5) is 26.3. The first-order valence-electron chi connectivity index (χ1n) is 10.6. The molecule has 5 rings (SSSR count). The van der Waals surface area contributed by atoms with Gasteiger partial charge < -0.3 is 20.3 Å². The van der Waals surface area contributed by atoms with Gasteiger partial charge >= 0.3 is 6.03 Å². The summed E-state index contributed by atoms with van der Waals surface area (Å²) in [5.41, 5.74) is 11.8. The van der Waals surface area contributed by atoms with Gasteiger partial charge in [-0.25, -0.2) is 15.2 Å². The van der Waals surface area contributed by atoms with Crippen molar-refractivity contribution >= 4 is 34.5 Å². The normalized spacial score (nSPS) is 21.2. The average Bonchev–Trinajstić information content (AvgIpc) is 3.15. The Labute approximate surface area is 185 Å². The smallest absolute Gasteiger partial charge is 0.339 e. The Morgan fingerprint density at radius 3 is 2.81 bits per heavy atom. The number of hydrogen-bond acceptors (Lipinski definition) is 8. The zero-order chi connectivity index (χ0) is 22.6. The maximum atomic E-state index is 13.4. The van der Waals surface area contributed by atoms with E-state index in [4.69, 9.17) is 10.5 Å². The molecule has 2 saturated heterocycles. The minimum absolute atomic E-state index is 0.0187. The number of nitrogen functional groups attached to an aromatic ring is 1. The molecule has 0 radical (unpaired) electrons. The molecular formula is C21H27N9O2. The number of carbonyl (C=O) groups excluding carboxylic acids is 1. The van der Waals surface area contributed by atoms with E-state index in [1.807, 2.05) is 37.1 Å². The molecule has 2 aromatic heterocycles. The first-order valence-corrected chi connectivity index (χ1v) is 10.6. The molecule has 11 nitrogen and oxygen atoms in total. The molecule has 0 aliphatic carbocycles. The maximum absolute atomic E-state index is 13.4. The molecule has 2 atom stereocenters. The second-order valence-electron chi connectivity index (χ2n) is 8.31. The fourth-order valence-corrected chi connectivity index (χ4v) is 4.59. The van der Waals surface area contributed by atoms with Crippen LogP contribution in [0.25, 0.3) is 11.0 Å². The van der Waals surface area contributed by atoms with Gasteiger partial charge in [0.25, 0.3) is 0 Å². The van der Waals surface area contributed by atoms with E-state index in [9.17, 15) is 4.79 Å². The van der Waals surface area contributed by atoms with Crippen molar-refractivity contribution in [2.45, 2.75) is 25.9 Å². The van der Waals surface area contributed by atoms with Crippen LogP contribution in [0, 0.1) is 6.92 Å². The monoisotopic (exact) mass is 437 g/mol. The van der Waals surface area contributed by atoms with Crippen molar-refractivity contribution in [1.29, 1.82) is 0 Å². The number of fused-ring (bicyclic) bond motifs is 2. The quantitative estimate of drug-likeness (QED) is 0.629. The summed E-state index contributed by atoms with van der Waals surface area (Å²) < 4.78 is 7.04. The fraction of sp³-hybridized carbons (Fsp3) is 0.429. The van der Waals surface area contributed by atoms with Gasteiger partial charge in [0, 0.05) is 32.7 Å². The van der Waals surface area contributed by atoms with Crippen LogP contribution in [-0.2, 0) is 7.05 Å². The lowest BCUT2D eigenvalue weighted by Gasteiger charge is -2.50. The lowest BCUT2D eigenvalue weighted by Crippen LogP contribution is -2.72. The number of nitrogens with one attached hydrogen (secondary N) is 1. The van der Waals surface area contributed by atoms with E-state index in [0.717, 1.165) is 28.2 Å². The molecule has 3 aromatic rings. The third kappa shape index (κ3) is 3.16. The Bertz CT molecular complexity index is 1190. The van der Waals surface area contributed by atoms with E-state index in [-0.39, 0.29) is 24.1 Å². The number of rotatable bonds is 3. The molecule has 2 fully saturated rings. The van der Waals surface area contributed by atoms with Crippen LogP contribution in [0.1, 0.15) is 12.5 Å². The Morgan fingerprint density at radius 1 is 1.25 bits per heavy atom. The van der Waals surface area contributed by atoms with E-state index in [1.165, 1.54) is 0 Å². The second kappa shape index (κ2) is 7.52. The molecule has 168 valence electrons. The van der Waals surface area contributed by atoms with Crippen molar-refractivity contribution < 1.29 is 9.53 Å². The highest BCUT2D eigenvalue weighted by molar-refractivity contribution is 5.93. The van der Waals surface area contributed by atoms with Crippen LogP contribution >= 0.6 is 0 Å². The van der Waals surface area contributed by atoms with Crippen LogP contribution < -0.4 is 25.8 Å². The van der Waals surface area contributed by atoms with Crippen molar-refractivity contribution in [2.24, 2.45) is 7.05 Å². The number of hydrazine groups is 1. The van der Waals surface area contributed by atoms with Crippen molar-refractivity contribution in [3.8, 4) is 5.75 Å². The molecule has 32 heavy (non-hydrogen) atoms. The molecular weight excluding hydrogens is 410 g/mol. The summed E-state index contributed by atoms with van der Waals surface area (Å²) in [5, 5.41) is 6.79. The summed E-state index contributed by atoms with van der Waals surface area (Å²) in [6.45, 7) is 5.91. The van der Waals surface area contributed by atoms with E-state index in [0.29, 0.717) is 25.3 Å². The first kappa shape index (κ1) is 20.3. The highest BCUT2D eigenvalue weighted by Crippen LogP contribution is 2.31. The van der Waals surface area contributed by atoms with Crippen LogP contribution in [0.2, 0.25) is 0 Å². The molecule has 2 amide bonds.